The molecule has 11 heteroatoms. The molecule has 4 bridgehead atoms. The Balaban J connectivity index is 1.02. The van der Waals surface area contributed by atoms with E-state index in [2.05, 4.69) is 15.1 Å². The van der Waals surface area contributed by atoms with Crippen LogP contribution in [0.1, 0.15) is 32.1 Å². The Hall–Kier alpha value is -3.47. The van der Waals surface area contributed by atoms with E-state index in [0.29, 0.717) is 57.0 Å². The van der Waals surface area contributed by atoms with Gasteiger partial charge in [-0.25, -0.2) is 4.79 Å². The number of carbonyl (C=O) groups is 2. The van der Waals surface area contributed by atoms with Gasteiger partial charge in [0.2, 0.25) is 5.91 Å². The minimum Gasteiger partial charge on any atom is -0.369 e. The first-order valence-corrected chi connectivity index (χ1v) is 15.5. The van der Waals surface area contributed by atoms with Gasteiger partial charge in [-0.1, -0.05) is 12.1 Å². The number of benzene rings is 2. The molecule has 5 fully saturated rings. The lowest BCUT2D eigenvalue weighted by Crippen LogP contribution is -2.63. The average molecular weight is 597 g/mol. The van der Waals surface area contributed by atoms with Gasteiger partial charge in [-0.2, -0.15) is 13.2 Å². The maximum absolute atomic E-state index is 13.8. The molecular formula is C32H39F3N6O2. The molecule has 3 amide bonds. The lowest BCUT2D eigenvalue weighted by atomic mass is 9.47. The molecule has 2 heterocycles. The summed E-state index contributed by atoms with van der Waals surface area (Å²) >= 11 is 0. The fraction of sp³-hybridized carbons (Fsp3) is 0.562. The average Bonchev–Trinajstić information content (AvgIpc) is 2.98. The van der Waals surface area contributed by atoms with Gasteiger partial charge >= 0.3 is 12.2 Å². The highest BCUT2D eigenvalue weighted by molar-refractivity contribution is 5.98. The molecule has 0 radical (unpaired) electrons. The molecule has 3 N–H and O–H groups in total. The number of piperazine rings is 1. The lowest BCUT2D eigenvalue weighted by molar-refractivity contribution is -0.146. The van der Waals surface area contributed by atoms with E-state index in [4.69, 9.17) is 5.73 Å². The highest BCUT2D eigenvalue weighted by Gasteiger charge is 2.58. The fourth-order valence-electron chi connectivity index (χ4n) is 8.88. The van der Waals surface area contributed by atoms with E-state index in [9.17, 15) is 22.8 Å². The third kappa shape index (κ3) is 5.30. The predicted octanol–water partition coefficient (Wildman–Crippen LogP) is 4.72. The van der Waals surface area contributed by atoms with Crippen LogP contribution in [0.25, 0.3) is 0 Å². The molecule has 2 unspecified atom stereocenters. The first kappa shape index (κ1) is 28.3. The number of primary amides is 1. The second-order valence-corrected chi connectivity index (χ2v) is 13.3. The van der Waals surface area contributed by atoms with Gasteiger partial charge in [0.25, 0.3) is 0 Å². The van der Waals surface area contributed by atoms with Gasteiger partial charge < -0.3 is 20.9 Å². The van der Waals surface area contributed by atoms with Crippen molar-refractivity contribution < 1.29 is 22.8 Å². The summed E-state index contributed by atoms with van der Waals surface area (Å²) in [7, 11) is 0. The van der Waals surface area contributed by atoms with Gasteiger partial charge in [-0.05, 0) is 86.3 Å². The van der Waals surface area contributed by atoms with Crippen molar-refractivity contribution in [3.8, 4) is 0 Å². The number of fused-ring (bicyclic) bond motifs is 1. The van der Waals surface area contributed by atoms with E-state index in [-0.39, 0.29) is 23.4 Å². The summed E-state index contributed by atoms with van der Waals surface area (Å²) < 4.78 is 38.3. The molecule has 2 atom stereocenters. The number of urea groups is 1. The number of nitrogens with zero attached hydrogens (tertiary/aromatic N) is 4. The molecule has 0 aromatic heterocycles. The van der Waals surface area contributed by atoms with Crippen molar-refractivity contribution in [2.75, 3.05) is 60.5 Å². The molecule has 0 spiro atoms. The van der Waals surface area contributed by atoms with Crippen LogP contribution >= 0.6 is 0 Å². The van der Waals surface area contributed by atoms with Crippen LogP contribution in [0.5, 0.6) is 0 Å². The van der Waals surface area contributed by atoms with Crippen molar-refractivity contribution >= 4 is 34.7 Å². The summed E-state index contributed by atoms with van der Waals surface area (Å²) in [5, 5.41) is 3.39. The van der Waals surface area contributed by atoms with Crippen molar-refractivity contribution in [3.05, 3.63) is 48.5 Å². The second kappa shape index (κ2) is 10.6. The number of para-hydroxylation sites is 2. The van der Waals surface area contributed by atoms with Gasteiger partial charge in [0.05, 0.1) is 17.9 Å². The Morgan fingerprint density at radius 3 is 2.09 bits per heavy atom. The van der Waals surface area contributed by atoms with E-state index < -0.39 is 12.7 Å². The quantitative estimate of drug-likeness (QED) is 0.522. The van der Waals surface area contributed by atoms with Crippen LogP contribution in [0.2, 0.25) is 0 Å². The summed E-state index contributed by atoms with van der Waals surface area (Å²) in [6.45, 7) is 2.17. The maximum atomic E-state index is 13.8. The minimum atomic E-state index is -4.17. The van der Waals surface area contributed by atoms with Gasteiger partial charge in [0.15, 0.2) is 0 Å². The molecule has 2 aliphatic heterocycles. The number of alkyl halides is 3. The highest BCUT2D eigenvalue weighted by Crippen LogP contribution is 2.60. The summed E-state index contributed by atoms with van der Waals surface area (Å²) in [5.41, 5.74) is 9.29. The molecule has 230 valence electrons. The number of anilines is 4. The summed E-state index contributed by atoms with van der Waals surface area (Å²) in [6.07, 6.45) is 0.411. The first-order valence-electron chi connectivity index (χ1n) is 15.5. The largest absolute Gasteiger partial charge is 0.401 e. The standard InChI is InChI=1S/C32H39F3N6O2/c33-32(34,35)20-38-9-11-39(12-10-38)24-5-7-25(8-6-24)40-13-14-41(27-4-2-1-3-26(27)40)30(43)37-28-22-15-21-16-23(28)19-31(17-21,18-22)29(36)42/h1-8,21-23,28H,9-20H2,(H2,36,42)(H,37,43). The number of hydrogen-bond donors (Lipinski definition) is 2. The molecule has 1 saturated heterocycles. The zero-order valence-electron chi connectivity index (χ0n) is 24.2. The Morgan fingerprint density at radius 1 is 0.837 bits per heavy atom. The van der Waals surface area contributed by atoms with Crippen LogP contribution in [-0.2, 0) is 4.79 Å². The Morgan fingerprint density at radius 2 is 1.47 bits per heavy atom. The van der Waals surface area contributed by atoms with Gasteiger partial charge in [-0.15, -0.1) is 0 Å². The zero-order valence-corrected chi connectivity index (χ0v) is 24.2. The lowest BCUT2D eigenvalue weighted by Gasteiger charge is -2.59. The molecule has 2 aromatic rings. The SMILES string of the molecule is NC(=O)C12CC3CC(C1)C(NC(=O)N1CCN(c4ccc(N5CCN(CC(F)(F)F)CC5)cc4)c4ccccc41)C(C3)C2. The van der Waals surface area contributed by atoms with Crippen molar-refractivity contribution in [2.45, 2.75) is 44.3 Å². The Kier molecular flexibility index (Phi) is 6.98. The summed E-state index contributed by atoms with van der Waals surface area (Å²) in [6, 6.07) is 16.1. The van der Waals surface area contributed by atoms with Gasteiger partial charge in [0.1, 0.15) is 0 Å². The Labute approximate surface area is 250 Å². The third-order valence-corrected chi connectivity index (χ3v) is 10.6. The number of halogens is 3. The molecule has 43 heavy (non-hydrogen) atoms. The summed E-state index contributed by atoms with van der Waals surface area (Å²) in [5.74, 6) is 0.960. The van der Waals surface area contributed by atoms with E-state index in [1.54, 1.807) is 0 Å². The van der Waals surface area contributed by atoms with Crippen molar-refractivity contribution in [3.63, 3.8) is 0 Å². The molecule has 2 aromatic carbocycles. The summed E-state index contributed by atoms with van der Waals surface area (Å²) in [4.78, 5) is 33.8. The number of rotatable bonds is 5. The highest BCUT2D eigenvalue weighted by atomic mass is 19.4. The van der Waals surface area contributed by atoms with Crippen LogP contribution in [0.4, 0.5) is 40.7 Å². The van der Waals surface area contributed by atoms with Crippen LogP contribution in [0, 0.1) is 23.2 Å². The molecule has 6 aliphatic rings. The number of nitrogens with one attached hydrogen (secondary N) is 1. The van der Waals surface area contributed by atoms with Crippen molar-refractivity contribution in [1.82, 2.24) is 10.2 Å². The van der Waals surface area contributed by atoms with Crippen LogP contribution < -0.4 is 25.8 Å². The number of amides is 3. The number of nitrogens with two attached hydrogens (primary N) is 1. The number of carbonyl (C=O) groups excluding carboxylic acids is 2. The third-order valence-electron chi connectivity index (χ3n) is 10.6. The fourth-order valence-corrected chi connectivity index (χ4v) is 8.88. The van der Waals surface area contributed by atoms with E-state index in [1.165, 1.54) is 4.90 Å². The van der Waals surface area contributed by atoms with Crippen LogP contribution in [0.15, 0.2) is 48.5 Å². The second-order valence-electron chi connectivity index (χ2n) is 13.3. The van der Waals surface area contributed by atoms with Crippen LogP contribution in [-0.4, -0.2) is 74.9 Å². The molecule has 4 saturated carbocycles. The van der Waals surface area contributed by atoms with Gasteiger partial charge in [-0.3, -0.25) is 14.6 Å². The Bertz CT molecular complexity index is 1360. The smallest absolute Gasteiger partial charge is 0.369 e. The predicted molar refractivity (Wildman–Crippen MR) is 159 cm³/mol. The topological polar surface area (TPSA) is 85.1 Å². The first-order chi connectivity index (χ1) is 20.6. The van der Waals surface area contributed by atoms with Crippen molar-refractivity contribution in [1.29, 1.82) is 0 Å². The monoisotopic (exact) mass is 596 g/mol. The molecule has 8 nitrogen and oxygen atoms in total. The van der Waals surface area contributed by atoms with E-state index >= 15 is 0 Å². The molecular weight excluding hydrogens is 557 g/mol. The van der Waals surface area contributed by atoms with Gasteiger partial charge in [0, 0.05) is 62.1 Å². The normalized spacial score (nSPS) is 30.3. The van der Waals surface area contributed by atoms with E-state index in [0.717, 1.165) is 54.9 Å². The number of hydrogen-bond acceptors (Lipinski definition) is 5. The van der Waals surface area contributed by atoms with Crippen LogP contribution in [0.3, 0.4) is 0 Å². The zero-order chi connectivity index (χ0) is 29.9. The van der Waals surface area contributed by atoms with E-state index in [1.807, 2.05) is 53.4 Å². The minimum absolute atomic E-state index is 0.0737. The molecule has 4 aliphatic carbocycles. The maximum Gasteiger partial charge on any atom is 0.401 e. The van der Waals surface area contributed by atoms with Crippen molar-refractivity contribution in [2.24, 2.45) is 28.9 Å². The molecule has 8 rings (SSSR count).